The first-order valence-corrected chi connectivity index (χ1v) is 6.49. The third kappa shape index (κ3) is 3.80. The van der Waals surface area contributed by atoms with Crippen molar-refractivity contribution in [3.8, 4) is 0 Å². The van der Waals surface area contributed by atoms with Crippen LogP contribution < -0.4 is 5.73 Å². The Kier molecular flexibility index (Phi) is 5.79. The van der Waals surface area contributed by atoms with Crippen molar-refractivity contribution >= 4 is 0 Å². The van der Waals surface area contributed by atoms with Gasteiger partial charge < -0.3 is 10.5 Å². The van der Waals surface area contributed by atoms with Crippen molar-refractivity contribution in [3.05, 3.63) is 35.9 Å². The zero-order chi connectivity index (χ0) is 13.6. The Hall–Kier alpha value is -0.900. The molecule has 0 aromatic heterocycles. The van der Waals surface area contributed by atoms with Gasteiger partial charge in [0.05, 0.1) is 6.61 Å². The summed E-state index contributed by atoms with van der Waals surface area (Å²) in [6.07, 6.45) is 0.953. The molecule has 0 saturated heterocycles. The van der Waals surface area contributed by atoms with Gasteiger partial charge in [-0.05, 0) is 32.9 Å². The van der Waals surface area contributed by atoms with Crippen LogP contribution >= 0.6 is 0 Å². The minimum Gasteiger partial charge on any atom is -0.383 e. The lowest BCUT2D eigenvalue weighted by Crippen LogP contribution is -2.55. The third-order valence-corrected chi connectivity index (χ3v) is 3.79. The normalized spacial score (nSPS) is 16.6. The van der Waals surface area contributed by atoms with Gasteiger partial charge in [0.2, 0.25) is 0 Å². The molecule has 1 rings (SSSR count). The largest absolute Gasteiger partial charge is 0.383 e. The molecule has 0 saturated carbocycles. The van der Waals surface area contributed by atoms with E-state index in [1.54, 1.807) is 7.11 Å². The Balaban J connectivity index is 2.78. The number of likely N-dealkylation sites (N-methyl/N-ethyl adjacent to an activating group) is 1. The van der Waals surface area contributed by atoms with Gasteiger partial charge in [0.25, 0.3) is 0 Å². The topological polar surface area (TPSA) is 38.5 Å². The number of hydrogen-bond acceptors (Lipinski definition) is 3. The predicted molar refractivity (Wildman–Crippen MR) is 76.7 cm³/mol. The lowest BCUT2D eigenvalue weighted by Gasteiger charge is -2.42. The Bertz CT molecular complexity index is 342. The van der Waals surface area contributed by atoms with E-state index in [1.165, 1.54) is 5.56 Å². The van der Waals surface area contributed by atoms with Crippen molar-refractivity contribution in [3.63, 3.8) is 0 Å². The number of nitrogens with two attached hydrogens (primary N) is 1. The van der Waals surface area contributed by atoms with Crippen LogP contribution in [0.4, 0.5) is 0 Å². The van der Waals surface area contributed by atoms with Gasteiger partial charge in [-0.1, -0.05) is 30.3 Å². The van der Waals surface area contributed by atoms with Crippen LogP contribution in [-0.2, 0) is 11.2 Å². The van der Waals surface area contributed by atoms with Gasteiger partial charge in [0.15, 0.2) is 0 Å². The standard InChI is InChI=1S/C15H26N2O/c1-13(11-18-4)17(3)15(2,12-16)10-14-8-6-5-7-9-14/h5-9,13H,10-12,16H2,1-4H3. The molecule has 2 unspecified atom stereocenters. The number of benzene rings is 1. The van der Waals surface area contributed by atoms with Gasteiger partial charge in [0, 0.05) is 25.2 Å². The van der Waals surface area contributed by atoms with E-state index in [0.717, 1.165) is 13.0 Å². The minimum atomic E-state index is -0.0424. The van der Waals surface area contributed by atoms with Crippen LogP contribution in [0.5, 0.6) is 0 Å². The van der Waals surface area contributed by atoms with Crippen LogP contribution in [0.15, 0.2) is 30.3 Å². The molecule has 0 amide bonds. The number of methoxy groups -OCH3 is 1. The van der Waals surface area contributed by atoms with E-state index in [2.05, 4.69) is 50.1 Å². The van der Waals surface area contributed by atoms with Crippen molar-refractivity contribution < 1.29 is 4.74 Å². The highest BCUT2D eigenvalue weighted by atomic mass is 16.5. The van der Waals surface area contributed by atoms with Crippen molar-refractivity contribution in [1.29, 1.82) is 0 Å². The molecule has 0 bridgehead atoms. The van der Waals surface area contributed by atoms with E-state index < -0.39 is 0 Å². The fourth-order valence-corrected chi connectivity index (χ4v) is 2.26. The van der Waals surface area contributed by atoms with Gasteiger partial charge in [-0.15, -0.1) is 0 Å². The SMILES string of the molecule is COCC(C)N(C)C(C)(CN)Cc1ccccc1. The number of ether oxygens (including phenoxy) is 1. The molecule has 0 aliphatic rings. The molecule has 0 aliphatic heterocycles. The second kappa shape index (κ2) is 6.88. The summed E-state index contributed by atoms with van der Waals surface area (Å²) >= 11 is 0. The van der Waals surface area contributed by atoms with Crippen LogP contribution in [-0.4, -0.2) is 43.8 Å². The summed E-state index contributed by atoms with van der Waals surface area (Å²) in [6, 6.07) is 10.9. The second-order valence-electron chi connectivity index (χ2n) is 5.28. The summed E-state index contributed by atoms with van der Waals surface area (Å²) in [4.78, 5) is 2.32. The molecule has 0 heterocycles. The average Bonchev–Trinajstić information content (AvgIpc) is 2.39. The summed E-state index contributed by atoms with van der Waals surface area (Å²) in [5, 5.41) is 0. The van der Waals surface area contributed by atoms with Gasteiger partial charge in [-0.3, -0.25) is 4.90 Å². The maximum absolute atomic E-state index is 6.01. The zero-order valence-electron chi connectivity index (χ0n) is 12.0. The minimum absolute atomic E-state index is 0.0424. The number of hydrogen-bond donors (Lipinski definition) is 1. The molecule has 0 aliphatic carbocycles. The molecule has 2 N–H and O–H groups in total. The molecule has 18 heavy (non-hydrogen) atoms. The summed E-state index contributed by atoms with van der Waals surface area (Å²) in [6.45, 7) is 5.74. The van der Waals surface area contributed by atoms with E-state index in [9.17, 15) is 0 Å². The molecular weight excluding hydrogens is 224 g/mol. The summed E-state index contributed by atoms with van der Waals surface area (Å²) in [5.41, 5.74) is 7.29. The van der Waals surface area contributed by atoms with Crippen molar-refractivity contribution in [2.75, 3.05) is 27.3 Å². The fourth-order valence-electron chi connectivity index (χ4n) is 2.26. The monoisotopic (exact) mass is 250 g/mol. The van der Waals surface area contributed by atoms with Crippen LogP contribution in [0.3, 0.4) is 0 Å². The van der Waals surface area contributed by atoms with Crippen LogP contribution in [0.25, 0.3) is 0 Å². The van der Waals surface area contributed by atoms with Crippen LogP contribution in [0.1, 0.15) is 19.4 Å². The number of rotatable bonds is 7. The Labute approximate surface area is 111 Å². The maximum atomic E-state index is 6.01. The summed E-state index contributed by atoms with van der Waals surface area (Å²) in [7, 11) is 3.86. The quantitative estimate of drug-likeness (QED) is 0.803. The van der Waals surface area contributed by atoms with E-state index in [-0.39, 0.29) is 5.54 Å². The molecule has 1 aromatic carbocycles. The highest BCUT2D eigenvalue weighted by molar-refractivity contribution is 5.18. The van der Waals surface area contributed by atoms with Gasteiger partial charge in [-0.2, -0.15) is 0 Å². The van der Waals surface area contributed by atoms with Crippen molar-refractivity contribution in [1.82, 2.24) is 4.90 Å². The zero-order valence-corrected chi connectivity index (χ0v) is 12.0. The molecule has 0 fully saturated rings. The first kappa shape index (κ1) is 15.2. The van der Waals surface area contributed by atoms with Gasteiger partial charge >= 0.3 is 0 Å². The van der Waals surface area contributed by atoms with E-state index in [4.69, 9.17) is 10.5 Å². The molecule has 2 atom stereocenters. The summed E-state index contributed by atoms with van der Waals surface area (Å²) < 4.78 is 5.23. The van der Waals surface area contributed by atoms with Crippen molar-refractivity contribution in [2.45, 2.75) is 31.8 Å². The fraction of sp³-hybridized carbons (Fsp3) is 0.600. The second-order valence-corrected chi connectivity index (χ2v) is 5.28. The molecule has 3 nitrogen and oxygen atoms in total. The van der Waals surface area contributed by atoms with E-state index in [0.29, 0.717) is 12.6 Å². The maximum Gasteiger partial charge on any atom is 0.0615 e. The molecule has 3 heteroatoms. The van der Waals surface area contributed by atoms with Crippen LogP contribution in [0.2, 0.25) is 0 Å². The average molecular weight is 250 g/mol. The smallest absolute Gasteiger partial charge is 0.0615 e. The van der Waals surface area contributed by atoms with E-state index >= 15 is 0 Å². The first-order valence-electron chi connectivity index (χ1n) is 6.49. The highest BCUT2D eigenvalue weighted by Gasteiger charge is 2.31. The lowest BCUT2D eigenvalue weighted by molar-refractivity contribution is 0.0474. The third-order valence-electron chi connectivity index (χ3n) is 3.79. The van der Waals surface area contributed by atoms with Gasteiger partial charge in [0.1, 0.15) is 0 Å². The Morgan fingerprint density at radius 2 is 1.94 bits per heavy atom. The lowest BCUT2D eigenvalue weighted by atomic mass is 9.90. The Morgan fingerprint density at radius 1 is 1.33 bits per heavy atom. The first-order chi connectivity index (χ1) is 8.53. The van der Waals surface area contributed by atoms with Crippen LogP contribution in [0, 0.1) is 0 Å². The van der Waals surface area contributed by atoms with Crippen molar-refractivity contribution in [2.24, 2.45) is 5.73 Å². The highest BCUT2D eigenvalue weighted by Crippen LogP contribution is 2.21. The molecule has 0 spiro atoms. The van der Waals surface area contributed by atoms with E-state index in [1.807, 2.05) is 6.07 Å². The molecule has 1 aromatic rings. The molecule has 102 valence electrons. The molecule has 0 radical (unpaired) electrons. The summed E-state index contributed by atoms with van der Waals surface area (Å²) in [5.74, 6) is 0. The molecular formula is C15H26N2O. The Morgan fingerprint density at radius 3 is 2.44 bits per heavy atom. The number of nitrogens with zero attached hydrogens (tertiary/aromatic N) is 1. The van der Waals surface area contributed by atoms with Gasteiger partial charge in [-0.25, -0.2) is 0 Å². The predicted octanol–water partition coefficient (Wildman–Crippen LogP) is 1.91.